The molecule has 0 radical (unpaired) electrons. The van der Waals surface area contributed by atoms with Crippen LogP contribution in [0.5, 0.6) is 0 Å². The number of anilines is 2. The van der Waals surface area contributed by atoms with E-state index < -0.39 is 0 Å². The van der Waals surface area contributed by atoms with Crippen molar-refractivity contribution in [1.82, 2.24) is 15.3 Å². The van der Waals surface area contributed by atoms with Crippen LogP contribution in [0.2, 0.25) is 0 Å². The maximum atomic E-state index is 11.4. The Bertz CT molecular complexity index is 381. The molecular formula is C10H18N6O. The Balaban J connectivity index is 2.51. The van der Waals surface area contributed by atoms with Gasteiger partial charge in [-0.15, -0.1) is 0 Å². The number of nitrogens with one attached hydrogen (secondary N) is 3. The van der Waals surface area contributed by atoms with Gasteiger partial charge in [-0.05, 0) is 13.3 Å². The van der Waals surface area contributed by atoms with Crippen LogP contribution in [0.4, 0.5) is 11.6 Å². The zero-order valence-corrected chi connectivity index (χ0v) is 10.1. The van der Waals surface area contributed by atoms with Gasteiger partial charge in [0, 0.05) is 12.6 Å². The van der Waals surface area contributed by atoms with Crippen LogP contribution in [0, 0.1) is 6.92 Å². The number of carbonyl (C=O) groups excluding carboxylic acids is 1. The van der Waals surface area contributed by atoms with Crippen LogP contribution in [-0.4, -0.2) is 29.0 Å². The molecule has 1 aromatic rings. The van der Waals surface area contributed by atoms with E-state index in [9.17, 15) is 4.79 Å². The summed E-state index contributed by atoms with van der Waals surface area (Å²) >= 11 is 0. The lowest BCUT2D eigenvalue weighted by atomic mass is 10.4. The standard InChI is InChI=1S/C10H18N6O/c1-3-4-12-10(17)6-13-8-5-9(16-11)15-7(2)14-8/h5H,3-4,6,11H2,1-2H3,(H,12,17)(H2,13,14,15,16). The lowest BCUT2D eigenvalue weighted by Crippen LogP contribution is -2.30. The fourth-order valence-corrected chi connectivity index (χ4v) is 1.23. The highest BCUT2D eigenvalue weighted by Crippen LogP contribution is 2.09. The second-order valence-corrected chi connectivity index (χ2v) is 3.53. The van der Waals surface area contributed by atoms with Gasteiger partial charge in [-0.25, -0.2) is 15.8 Å². The Kier molecular flexibility index (Phi) is 5.15. The highest BCUT2D eigenvalue weighted by atomic mass is 16.1. The van der Waals surface area contributed by atoms with Gasteiger partial charge in [-0.2, -0.15) is 0 Å². The molecule has 1 amide bonds. The summed E-state index contributed by atoms with van der Waals surface area (Å²) in [4.78, 5) is 19.5. The first-order chi connectivity index (χ1) is 8.15. The van der Waals surface area contributed by atoms with Gasteiger partial charge in [0.15, 0.2) is 0 Å². The molecule has 0 saturated carbocycles. The molecule has 1 rings (SSSR count). The molecule has 0 aromatic carbocycles. The summed E-state index contributed by atoms with van der Waals surface area (Å²) < 4.78 is 0. The molecule has 0 atom stereocenters. The minimum absolute atomic E-state index is 0.0645. The van der Waals surface area contributed by atoms with Crippen molar-refractivity contribution in [3.8, 4) is 0 Å². The van der Waals surface area contributed by atoms with Crippen LogP contribution in [0.1, 0.15) is 19.2 Å². The fraction of sp³-hybridized carbons (Fsp3) is 0.500. The predicted octanol–water partition coefficient (Wildman–Crippen LogP) is 0.00872. The topological polar surface area (TPSA) is 105 Å². The molecule has 94 valence electrons. The van der Waals surface area contributed by atoms with Crippen LogP contribution in [0.15, 0.2) is 6.07 Å². The molecule has 1 aromatic heterocycles. The molecule has 7 heteroatoms. The van der Waals surface area contributed by atoms with Crippen molar-refractivity contribution in [2.45, 2.75) is 20.3 Å². The Labute approximate surface area is 100 Å². The summed E-state index contributed by atoms with van der Waals surface area (Å²) in [6, 6.07) is 1.64. The fourth-order valence-electron chi connectivity index (χ4n) is 1.23. The molecule has 0 aliphatic rings. The molecule has 5 N–H and O–H groups in total. The van der Waals surface area contributed by atoms with Crippen LogP contribution in [0.25, 0.3) is 0 Å². The third-order valence-corrected chi connectivity index (χ3v) is 1.99. The van der Waals surface area contributed by atoms with Crippen molar-refractivity contribution in [3.05, 3.63) is 11.9 Å². The average molecular weight is 238 g/mol. The number of hydrogen-bond donors (Lipinski definition) is 4. The number of aromatic nitrogens is 2. The van der Waals surface area contributed by atoms with Crippen molar-refractivity contribution < 1.29 is 4.79 Å². The molecule has 0 aliphatic carbocycles. The second kappa shape index (κ2) is 6.64. The highest BCUT2D eigenvalue weighted by molar-refractivity contribution is 5.80. The molecule has 0 fully saturated rings. The number of hydrogen-bond acceptors (Lipinski definition) is 6. The van der Waals surface area contributed by atoms with E-state index in [0.717, 1.165) is 6.42 Å². The largest absolute Gasteiger partial charge is 0.361 e. The van der Waals surface area contributed by atoms with E-state index in [-0.39, 0.29) is 12.5 Å². The van der Waals surface area contributed by atoms with Gasteiger partial charge in [0.2, 0.25) is 5.91 Å². The van der Waals surface area contributed by atoms with Crippen molar-refractivity contribution in [2.75, 3.05) is 23.8 Å². The summed E-state index contributed by atoms with van der Waals surface area (Å²) in [6.45, 7) is 4.61. The van der Waals surface area contributed by atoms with Gasteiger partial charge < -0.3 is 16.1 Å². The number of carbonyl (C=O) groups is 1. The Morgan fingerprint density at radius 1 is 1.41 bits per heavy atom. The Hall–Kier alpha value is -1.89. The highest BCUT2D eigenvalue weighted by Gasteiger charge is 2.03. The van der Waals surface area contributed by atoms with E-state index in [2.05, 4.69) is 26.0 Å². The van der Waals surface area contributed by atoms with Crippen molar-refractivity contribution in [3.63, 3.8) is 0 Å². The van der Waals surface area contributed by atoms with Gasteiger partial charge in [0.1, 0.15) is 17.5 Å². The summed E-state index contributed by atoms with van der Waals surface area (Å²) in [7, 11) is 0. The normalized spacial score (nSPS) is 9.82. The Morgan fingerprint density at radius 2 is 2.12 bits per heavy atom. The predicted molar refractivity (Wildman–Crippen MR) is 66.4 cm³/mol. The van der Waals surface area contributed by atoms with E-state index in [0.29, 0.717) is 24.0 Å². The van der Waals surface area contributed by atoms with Crippen molar-refractivity contribution >= 4 is 17.5 Å². The smallest absolute Gasteiger partial charge is 0.239 e. The molecule has 0 spiro atoms. The number of nitrogens with zero attached hydrogens (tertiary/aromatic N) is 2. The first-order valence-electron chi connectivity index (χ1n) is 5.48. The maximum absolute atomic E-state index is 11.4. The van der Waals surface area contributed by atoms with Crippen molar-refractivity contribution in [1.29, 1.82) is 0 Å². The number of aryl methyl sites for hydroxylation is 1. The van der Waals surface area contributed by atoms with E-state index in [1.54, 1.807) is 13.0 Å². The third-order valence-electron chi connectivity index (χ3n) is 1.99. The lowest BCUT2D eigenvalue weighted by molar-refractivity contribution is -0.119. The van der Waals surface area contributed by atoms with Crippen molar-refractivity contribution in [2.24, 2.45) is 5.84 Å². The number of hydrazine groups is 1. The van der Waals surface area contributed by atoms with Gasteiger partial charge in [-0.1, -0.05) is 6.92 Å². The summed E-state index contributed by atoms with van der Waals surface area (Å²) in [5.41, 5.74) is 2.44. The quantitative estimate of drug-likeness (QED) is 0.411. The zero-order chi connectivity index (χ0) is 12.7. The van der Waals surface area contributed by atoms with Crippen LogP contribution in [0.3, 0.4) is 0 Å². The molecule has 1 heterocycles. The molecule has 17 heavy (non-hydrogen) atoms. The lowest BCUT2D eigenvalue weighted by Gasteiger charge is -2.08. The van der Waals surface area contributed by atoms with E-state index in [1.807, 2.05) is 6.92 Å². The first kappa shape index (κ1) is 13.2. The number of rotatable bonds is 6. The number of nitrogens with two attached hydrogens (primary N) is 1. The van der Waals surface area contributed by atoms with E-state index in [1.165, 1.54) is 0 Å². The maximum Gasteiger partial charge on any atom is 0.239 e. The summed E-state index contributed by atoms with van der Waals surface area (Å²) in [5, 5.41) is 5.67. The van der Waals surface area contributed by atoms with Gasteiger partial charge in [0.05, 0.1) is 6.54 Å². The van der Waals surface area contributed by atoms with Crippen LogP contribution < -0.4 is 21.9 Å². The average Bonchev–Trinajstić information content (AvgIpc) is 2.33. The molecule has 0 aliphatic heterocycles. The SMILES string of the molecule is CCCNC(=O)CNc1cc(NN)nc(C)n1. The molecule has 0 saturated heterocycles. The molecule has 7 nitrogen and oxygen atoms in total. The van der Waals surface area contributed by atoms with E-state index in [4.69, 9.17) is 5.84 Å². The van der Waals surface area contributed by atoms with Gasteiger partial charge in [0.25, 0.3) is 0 Å². The molecule has 0 bridgehead atoms. The van der Waals surface area contributed by atoms with E-state index >= 15 is 0 Å². The third kappa shape index (κ3) is 4.64. The number of amides is 1. The second-order valence-electron chi connectivity index (χ2n) is 3.53. The Morgan fingerprint density at radius 3 is 2.76 bits per heavy atom. The van der Waals surface area contributed by atoms with Crippen LogP contribution >= 0.6 is 0 Å². The first-order valence-corrected chi connectivity index (χ1v) is 5.48. The minimum Gasteiger partial charge on any atom is -0.361 e. The molecular weight excluding hydrogens is 220 g/mol. The molecule has 0 unspecified atom stereocenters. The van der Waals surface area contributed by atoms with Crippen LogP contribution in [-0.2, 0) is 4.79 Å². The summed E-state index contributed by atoms with van der Waals surface area (Å²) in [6.07, 6.45) is 0.916. The van der Waals surface area contributed by atoms with Gasteiger partial charge >= 0.3 is 0 Å². The monoisotopic (exact) mass is 238 g/mol. The summed E-state index contributed by atoms with van der Waals surface area (Å²) in [5.74, 6) is 6.85. The number of nitrogen functional groups attached to an aromatic ring is 1. The van der Waals surface area contributed by atoms with Gasteiger partial charge in [-0.3, -0.25) is 4.79 Å². The minimum atomic E-state index is -0.0645. The zero-order valence-electron chi connectivity index (χ0n) is 10.1.